The Hall–Kier alpha value is -2.21. The van der Waals surface area contributed by atoms with Gasteiger partial charge < -0.3 is 9.84 Å². The van der Waals surface area contributed by atoms with Gasteiger partial charge >= 0.3 is 0 Å². The first-order valence-corrected chi connectivity index (χ1v) is 7.94. The number of amides is 1. The summed E-state index contributed by atoms with van der Waals surface area (Å²) in [6, 6.07) is 4.05. The minimum absolute atomic E-state index is 0.0833. The molecule has 1 amide bonds. The van der Waals surface area contributed by atoms with Crippen LogP contribution in [0.1, 0.15) is 27.5 Å². The van der Waals surface area contributed by atoms with E-state index < -0.39 is 0 Å². The third kappa shape index (κ3) is 3.01. The normalized spacial score (nSPS) is 11.0. The van der Waals surface area contributed by atoms with E-state index in [1.807, 2.05) is 38.3 Å². The summed E-state index contributed by atoms with van der Waals surface area (Å²) in [7, 11) is 0. The molecule has 0 bridgehead atoms. The van der Waals surface area contributed by atoms with Gasteiger partial charge in [-0.3, -0.25) is 4.79 Å². The summed E-state index contributed by atoms with van der Waals surface area (Å²) in [6.45, 7) is 6.39. The SMILES string of the molecule is Cc1cc(C)c2onc(CC(=O)NCc3csc(C)n3)c2c1. The molecule has 0 fully saturated rings. The molecule has 114 valence electrons. The molecular formula is C16H17N3O2S. The van der Waals surface area contributed by atoms with Crippen LogP contribution in [0.4, 0.5) is 0 Å². The molecule has 1 aromatic carbocycles. The lowest BCUT2D eigenvalue weighted by Gasteiger charge is -2.02. The molecule has 2 heterocycles. The van der Waals surface area contributed by atoms with Gasteiger partial charge in [0.2, 0.25) is 5.91 Å². The van der Waals surface area contributed by atoms with E-state index in [0.29, 0.717) is 12.2 Å². The van der Waals surface area contributed by atoms with Crippen molar-refractivity contribution in [2.45, 2.75) is 33.7 Å². The molecule has 0 aliphatic heterocycles. The van der Waals surface area contributed by atoms with Crippen LogP contribution < -0.4 is 5.32 Å². The first-order chi connectivity index (χ1) is 10.5. The number of benzene rings is 1. The van der Waals surface area contributed by atoms with Gasteiger partial charge in [-0.05, 0) is 38.0 Å². The fourth-order valence-electron chi connectivity index (χ4n) is 2.46. The molecule has 3 aromatic rings. The molecule has 0 radical (unpaired) electrons. The van der Waals surface area contributed by atoms with Crippen molar-refractivity contribution in [1.29, 1.82) is 0 Å². The molecule has 0 saturated carbocycles. The van der Waals surface area contributed by atoms with Crippen LogP contribution in [0.5, 0.6) is 0 Å². The number of hydrogen-bond acceptors (Lipinski definition) is 5. The van der Waals surface area contributed by atoms with Crippen molar-refractivity contribution in [2.24, 2.45) is 0 Å². The number of thiazole rings is 1. The van der Waals surface area contributed by atoms with Crippen molar-refractivity contribution in [2.75, 3.05) is 0 Å². The van der Waals surface area contributed by atoms with E-state index in [1.54, 1.807) is 11.3 Å². The van der Waals surface area contributed by atoms with E-state index in [1.165, 1.54) is 0 Å². The molecule has 22 heavy (non-hydrogen) atoms. The maximum absolute atomic E-state index is 12.1. The van der Waals surface area contributed by atoms with Crippen LogP contribution in [0, 0.1) is 20.8 Å². The van der Waals surface area contributed by atoms with Crippen LogP contribution in [-0.2, 0) is 17.8 Å². The molecule has 0 aliphatic carbocycles. The summed E-state index contributed by atoms with van der Waals surface area (Å²) in [4.78, 5) is 16.4. The summed E-state index contributed by atoms with van der Waals surface area (Å²) in [5, 5.41) is 10.8. The van der Waals surface area contributed by atoms with Crippen molar-refractivity contribution < 1.29 is 9.32 Å². The van der Waals surface area contributed by atoms with E-state index in [-0.39, 0.29) is 12.3 Å². The molecule has 0 spiro atoms. The first kappa shape index (κ1) is 14.7. The summed E-state index contributed by atoms with van der Waals surface area (Å²) in [6.07, 6.45) is 0.207. The lowest BCUT2D eigenvalue weighted by atomic mass is 10.1. The van der Waals surface area contributed by atoms with Crippen LogP contribution in [0.2, 0.25) is 0 Å². The molecule has 0 unspecified atom stereocenters. The fourth-order valence-corrected chi connectivity index (χ4v) is 3.07. The van der Waals surface area contributed by atoms with Gasteiger partial charge in [-0.15, -0.1) is 11.3 Å². The molecule has 2 aromatic heterocycles. The highest BCUT2D eigenvalue weighted by Crippen LogP contribution is 2.24. The second kappa shape index (κ2) is 5.88. The molecule has 1 N–H and O–H groups in total. The number of nitrogens with zero attached hydrogens (tertiary/aromatic N) is 2. The number of carbonyl (C=O) groups excluding carboxylic acids is 1. The van der Waals surface area contributed by atoms with Crippen molar-refractivity contribution in [3.05, 3.63) is 45.0 Å². The van der Waals surface area contributed by atoms with Crippen molar-refractivity contribution in [3.63, 3.8) is 0 Å². The minimum Gasteiger partial charge on any atom is -0.356 e. The maximum atomic E-state index is 12.1. The average Bonchev–Trinajstić information content (AvgIpc) is 3.04. The fraction of sp³-hybridized carbons (Fsp3) is 0.312. The summed E-state index contributed by atoms with van der Waals surface area (Å²) in [5.74, 6) is -0.0833. The Labute approximate surface area is 132 Å². The Bertz CT molecular complexity index is 835. The second-order valence-corrected chi connectivity index (χ2v) is 6.46. The van der Waals surface area contributed by atoms with Gasteiger partial charge in [-0.25, -0.2) is 4.98 Å². The average molecular weight is 315 g/mol. The largest absolute Gasteiger partial charge is 0.356 e. The van der Waals surface area contributed by atoms with Crippen molar-refractivity contribution in [3.8, 4) is 0 Å². The van der Waals surface area contributed by atoms with Crippen molar-refractivity contribution >= 4 is 28.2 Å². The minimum atomic E-state index is -0.0833. The van der Waals surface area contributed by atoms with Gasteiger partial charge in [-0.2, -0.15) is 0 Å². The Morgan fingerprint density at radius 2 is 2.14 bits per heavy atom. The number of rotatable bonds is 4. The number of hydrogen-bond donors (Lipinski definition) is 1. The molecule has 0 atom stereocenters. The monoisotopic (exact) mass is 315 g/mol. The van der Waals surface area contributed by atoms with Gasteiger partial charge in [0.1, 0.15) is 5.69 Å². The zero-order valence-electron chi connectivity index (χ0n) is 12.8. The Morgan fingerprint density at radius 1 is 1.32 bits per heavy atom. The van der Waals surface area contributed by atoms with Crippen LogP contribution in [0.3, 0.4) is 0 Å². The van der Waals surface area contributed by atoms with Crippen LogP contribution >= 0.6 is 11.3 Å². The van der Waals surface area contributed by atoms with E-state index in [0.717, 1.165) is 32.8 Å². The Morgan fingerprint density at radius 3 is 2.86 bits per heavy atom. The highest BCUT2D eigenvalue weighted by atomic mass is 32.1. The smallest absolute Gasteiger partial charge is 0.226 e. The third-order valence-corrected chi connectivity index (χ3v) is 4.26. The zero-order valence-corrected chi connectivity index (χ0v) is 13.6. The molecular weight excluding hydrogens is 298 g/mol. The van der Waals surface area contributed by atoms with Crippen LogP contribution in [-0.4, -0.2) is 16.0 Å². The maximum Gasteiger partial charge on any atom is 0.226 e. The quantitative estimate of drug-likeness (QED) is 0.803. The van der Waals surface area contributed by atoms with Gasteiger partial charge in [0.15, 0.2) is 5.58 Å². The van der Waals surface area contributed by atoms with Crippen molar-refractivity contribution in [1.82, 2.24) is 15.5 Å². The lowest BCUT2D eigenvalue weighted by molar-refractivity contribution is -0.120. The Balaban J connectivity index is 1.71. The van der Waals surface area contributed by atoms with Crippen LogP contribution in [0.15, 0.2) is 22.0 Å². The molecule has 0 saturated heterocycles. The summed E-state index contributed by atoms with van der Waals surface area (Å²) >= 11 is 1.58. The van der Waals surface area contributed by atoms with Gasteiger partial charge in [0, 0.05) is 10.8 Å². The molecule has 5 nitrogen and oxygen atoms in total. The van der Waals surface area contributed by atoms with Gasteiger partial charge in [-0.1, -0.05) is 11.2 Å². The lowest BCUT2D eigenvalue weighted by Crippen LogP contribution is -2.24. The summed E-state index contributed by atoms with van der Waals surface area (Å²) < 4.78 is 5.36. The van der Waals surface area contributed by atoms with Gasteiger partial charge in [0.25, 0.3) is 0 Å². The van der Waals surface area contributed by atoms with Crippen LogP contribution in [0.25, 0.3) is 11.0 Å². The van der Waals surface area contributed by atoms with E-state index in [2.05, 4.69) is 15.5 Å². The molecule has 3 rings (SSSR count). The number of fused-ring (bicyclic) bond motifs is 1. The topological polar surface area (TPSA) is 68.0 Å². The van der Waals surface area contributed by atoms with E-state index >= 15 is 0 Å². The first-order valence-electron chi connectivity index (χ1n) is 7.06. The Kier molecular flexibility index (Phi) is 3.94. The second-order valence-electron chi connectivity index (χ2n) is 5.40. The van der Waals surface area contributed by atoms with E-state index in [9.17, 15) is 4.79 Å². The van der Waals surface area contributed by atoms with Gasteiger partial charge in [0.05, 0.1) is 23.7 Å². The zero-order chi connectivity index (χ0) is 15.7. The molecule has 6 heteroatoms. The predicted octanol–water partition coefficient (Wildman–Crippen LogP) is 3.07. The standard InChI is InChI=1S/C16H17N3O2S/c1-9-4-10(2)16-13(5-9)14(19-21-16)6-15(20)17-7-12-8-22-11(3)18-12/h4-5,8H,6-7H2,1-3H3,(H,17,20). The number of nitrogens with one attached hydrogen (secondary N) is 1. The highest BCUT2D eigenvalue weighted by molar-refractivity contribution is 7.09. The molecule has 0 aliphatic rings. The number of aryl methyl sites for hydroxylation is 3. The summed E-state index contributed by atoms with van der Waals surface area (Å²) in [5.41, 5.74) is 4.48. The number of carbonyl (C=O) groups is 1. The highest BCUT2D eigenvalue weighted by Gasteiger charge is 2.14. The van der Waals surface area contributed by atoms with E-state index in [4.69, 9.17) is 4.52 Å². The predicted molar refractivity (Wildman–Crippen MR) is 85.9 cm³/mol. The third-order valence-electron chi connectivity index (χ3n) is 3.44. The number of aromatic nitrogens is 2.